The predicted molar refractivity (Wildman–Crippen MR) is 146 cm³/mol. The van der Waals surface area contributed by atoms with Crippen LogP contribution in [0.4, 0.5) is 5.69 Å². The summed E-state index contributed by atoms with van der Waals surface area (Å²) in [4.78, 5) is 12.8. The molecule has 0 heterocycles. The number of nitriles is 1. The molecule has 0 spiro atoms. The Morgan fingerprint density at radius 2 is 1.92 bits per heavy atom. The van der Waals surface area contributed by atoms with Crippen LogP contribution >= 0.6 is 23.2 Å². The summed E-state index contributed by atoms with van der Waals surface area (Å²) in [6, 6.07) is 18.2. The van der Waals surface area contributed by atoms with Crippen LogP contribution in [-0.2, 0) is 17.8 Å². The van der Waals surface area contributed by atoms with Crippen LogP contribution in [-0.4, -0.2) is 12.5 Å². The second kappa shape index (κ2) is 12.8. The largest absolute Gasteiger partial charge is 0.490 e. The number of hydrogen-bond donors (Lipinski definition) is 1. The van der Waals surface area contributed by atoms with E-state index in [-0.39, 0.29) is 12.2 Å². The van der Waals surface area contributed by atoms with E-state index in [1.165, 1.54) is 6.08 Å². The van der Waals surface area contributed by atoms with Crippen molar-refractivity contribution in [1.29, 1.82) is 5.26 Å². The first-order chi connectivity index (χ1) is 17.3. The molecule has 0 saturated heterocycles. The third-order valence-corrected chi connectivity index (χ3v) is 5.74. The molecule has 0 aliphatic carbocycles. The lowest BCUT2D eigenvalue weighted by Crippen LogP contribution is -2.13. The van der Waals surface area contributed by atoms with E-state index in [0.717, 1.165) is 16.7 Å². The van der Waals surface area contributed by atoms with Gasteiger partial charge in [-0.05, 0) is 73.9 Å². The van der Waals surface area contributed by atoms with Gasteiger partial charge in [-0.2, -0.15) is 5.26 Å². The van der Waals surface area contributed by atoms with Gasteiger partial charge in [0.05, 0.1) is 6.61 Å². The zero-order chi connectivity index (χ0) is 26.1. The average Bonchev–Trinajstić information content (AvgIpc) is 2.83. The maximum absolute atomic E-state index is 12.8. The molecule has 0 unspecified atom stereocenters. The van der Waals surface area contributed by atoms with Crippen LogP contribution in [0.1, 0.15) is 29.2 Å². The number of aryl methyl sites for hydroxylation is 1. The Kier molecular flexibility index (Phi) is 9.58. The first kappa shape index (κ1) is 26.9. The topological polar surface area (TPSA) is 71.4 Å². The van der Waals surface area contributed by atoms with Gasteiger partial charge in [0.15, 0.2) is 11.5 Å². The number of hydrogen-bond acceptors (Lipinski definition) is 4. The average molecular weight is 521 g/mol. The molecule has 3 rings (SSSR count). The van der Waals surface area contributed by atoms with E-state index < -0.39 is 5.91 Å². The van der Waals surface area contributed by atoms with Crippen LogP contribution in [0.15, 0.2) is 72.8 Å². The molecule has 36 heavy (non-hydrogen) atoms. The Balaban J connectivity index is 1.94. The zero-order valence-corrected chi connectivity index (χ0v) is 21.6. The highest BCUT2D eigenvalue weighted by atomic mass is 35.5. The summed E-state index contributed by atoms with van der Waals surface area (Å²) in [5.41, 5.74) is 3.78. The minimum absolute atomic E-state index is 0.0369. The number of nitrogens with one attached hydrogen (secondary N) is 1. The standard InChI is InChI=1S/C29H26Cl2N2O3/c1-4-7-21-13-20(14-23(17-32)29(34)33-25-9-6-8-19(3)12-25)15-27(35-5-2)28(21)36-18-22-10-11-24(30)16-26(22)31/h4,6,8-16H,1,5,7,18H2,2-3H3,(H,33,34)/b23-14+. The van der Waals surface area contributed by atoms with Crippen molar-refractivity contribution in [2.24, 2.45) is 0 Å². The van der Waals surface area contributed by atoms with Gasteiger partial charge in [-0.15, -0.1) is 6.58 Å². The van der Waals surface area contributed by atoms with Crippen LogP contribution in [0, 0.1) is 18.3 Å². The lowest BCUT2D eigenvalue weighted by Gasteiger charge is -2.17. The van der Waals surface area contributed by atoms with Crippen LogP contribution < -0.4 is 14.8 Å². The Hall–Kier alpha value is -3.72. The quantitative estimate of drug-likeness (QED) is 0.170. The van der Waals surface area contributed by atoms with Gasteiger partial charge in [-0.1, -0.05) is 47.5 Å². The fourth-order valence-corrected chi connectivity index (χ4v) is 3.99. The molecule has 7 heteroatoms. The lowest BCUT2D eigenvalue weighted by molar-refractivity contribution is -0.112. The summed E-state index contributed by atoms with van der Waals surface area (Å²) in [5.74, 6) is 0.538. The van der Waals surface area contributed by atoms with Crippen LogP contribution in [0.3, 0.4) is 0 Å². The van der Waals surface area contributed by atoms with Crippen LogP contribution in [0.25, 0.3) is 6.08 Å². The Labute approximate surface area is 221 Å². The van der Waals surface area contributed by atoms with Crippen molar-refractivity contribution in [1.82, 2.24) is 0 Å². The zero-order valence-electron chi connectivity index (χ0n) is 20.1. The molecule has 0 aliphatic rings. The maximum atomic E-state index is 12.8. The first-order valence-electron chi connectivity index (χ1n) is 11.3. The van der Waals surface area contributed by atoms with Crippen molar-refractivity contribution in [2.45, 2.75) is 26.9 Å². The van der Waals surface area contributed by atoms with Crippen molar-refractivity contribution in [2.75, 3.05) is 11.9 Å². The summed E-state index contributed by atoms with van der Waals surface area (Å²) in [7, 11) is 0. The van der Waals surface area contributed by atoms with E-state index >= 15 is 0 Å². The van der Waals surface area contributed by atoms with E-state index in [0.29, 0.717) is 45.8 Å². The number of amides is 1. The van der Waals surface area contributed by atoms with E-state index in [2.05, 4.69) is 11.9 Å². The normalized spacial score (nSPS) is 10.9. The second-order valence-corrected chi connectivity index (χ2v) is 8.79. The molecule has 0 saturated carbocycles. The number of rotatable bonds is 10. The van der Waals surface area contributed by atoms with Gasteiger partial charge in [0.1, 0.15) is 18.2 Å². The lowest BCUT2D eigenvalue weighted by atomic mass is 10.0. The molecule has 5 nitrogen and oxygen atoms in total. The Morgan fingerprint density at radius 3 is 2.58 bits per heavy atom. The Morgan fingerprint density at radius 1 is 1.11 bits per heavy atom. The third kappa shape index (κ3) is 7.14. The number of nitrogens with zero attached hydrogens (tertiary/aromatic N) is 1. The van der Waals surface area contributed by atoms with Gasteiger partial charge in [-0.3, -0.25) is 4.79 Å². The maximum Gasteiger partial charge on any atom is 0.266 e. The third-order valence-electron chi connectivity index (χ3n) is 5.16. The molecule has 3 aromatic rings. The summed E-state index contributed by atoms with van der Waals surface area (Å²) >= 11 is 12.3. The van der Waals surface area contributed by atoms with E-state index in [4.69, 9.17) is 32.7 Å². The number of anilines is 1. The van der Waals surface area contributed by atoms with Gasteiger partial charge in [0.2, 0.25) is 0 Å². The predicted octanol–water partition coefficient (Wildman–Crippen LogP) is 7.55. The van der Waals surface area contributed by atoms with E-state index in [1.54, 1.807) is 36.4 Å². The fourth-order valence-electron chi connectivity index (χ4n) is 3.53. The van der Waals surface area contributed by atoms with Gasteiger partial charge in [-0.25, -0.2) is 0 Å². The van der Waals surface area contributed by atoms with E-state index in [9.17, 15) is 10.1 Å². The molecule has 0 bridgehead atoms. The fraction of sp³-hybridized carbons (Fsp3) is 0.172. The SMILES string of the molecule is C=CCc1cc(/C=C(\C#N)C(=O)Nc2cccc(C)c2)cc(OCC)c1OCc1ccc(Cl)cc1Cl. The summed E-state index contributed by atoms with van der Waals surface area (Å²) in [6.45, 7) is 8.24. The monoisotopic (exact) mass is 520 g/mol. The highest BCUT2D eigenvalue weighted by Gasteiger charge is 2.16. The van der Waals surface area contributed by atoms with Gasteiger partial charge < -0.3 is 14.8 Å². The van der Waals surface area contributed by atoms with Crippen molar-refractivity contribution >= 4 is 40.9 Å². The molecule has 0 aliphatic heterocycles. The Bertz CT molecular complexity index is 1340. The number of ether oxygens (including phenoxy) is 2. The molecule has 1 amide bonds. The van der Waals surface area contributed by atoms with Crippen LogP contribution in [0.2, 0.25) is 10.0 Å². The number of benzene rings is 3. The van der Waals surface area contributed by atoms with Gasteiger partial charge >= 0.3 is 0 Å². The van der Waals surface area contributed by atoms with Crippen molar-refractivity contribution < 1.29 is 14.3 Å². The highest BCUT2D eigenvalue weighted by Crippen LogP contribution is 2.36. The number of carbonyl (C=O) groups is 1. The van der Waals surface area contributed by atoms with Crippen LogP contribution in [0.5, 0.6) is 11.5 Å². The van der Waals surface area contributed by atoms with Crippen molar-refractivity contribution in [3.63, 3.8) is 0 Å². The minimum atomic E-state index is -0.496. The molecule has 184 valence electrons. The van der Waals surface area contributed by atoms with E-state index in [1.807, 2.05) is 44.2 Å². The molecule has 0 fully saturated rings. The molecule has 0 radical (unpaired) electrons. The molecule has 3 aromatic carbocycles. The number of halogens is 2. The minimum Gasteiger partial charge on any atom is -0.490 e. The van der Waals surface area contributed by atoms with Gasteiger partial charge in [0.25, 0.3) is 5.91 Å². The molecule has 0 atom stereocenters. The summed E-state index contributed by atoms with van der Waals surface area (Å²) in [6.07, 6.45) is 3.76. The van der Waals surface area contributed by atoms with Crippen molar-refractivity contribution in [3.8, 4) is 17.6 Å². The molecular formula is C29H26Cl2N2O3. The number of carbonyl (C=O) groups excluding carboxylic acids is 1. The second-order valence-electron chi connectivity index (χ2n) is 7.95. The molecular weight excluding hydrogens is 495 g/mol. The summed E-state index contributed by atoms with van der Waals surface area (Å²) in [5, 5.41) is 13.5. The molecule has 0 aromatic heterocycles. The number of allylic oxidation sites excluding steroid dienone is 1. The van der Waals surface area contributed by atoms with Gasteiger partial charge in [0, 0.05) is 26.9 Å². The smallest absolute Gasteiger partial charge is 0.266 e. The summed E-state index contributed by atoms with van der Waals surface area (Å²) < 4.78 is 12.0. The first-order valence-corrected chi connectivity index (χ1v) is 12.1. The molecule has 1 N–H and O–H groups in total. The highest BCUT2D eigenvalue weighted by molar-refractivity contribution is 6.35. The van der Waals surface area contributed by atoms with Crippen molar-refractivity contribution in [3.05, 3.63) is 105 Å².